The lowest BCUT2D eigenvalue weighted by molar-refractivity contribution is -0.139. The number of carbonyl (C=O) groups excluding carboxylic acids is 2. The van der Waals surface area contributed by atoms with Crippen LogP contribution in [0.4, 0.5) is 0 Å². The van der Waals surface area contributed by atoms with Crippen molar-refractivity contribution < 1.29 is 9.59 Å². The predicted molar refractivity (Wildman–Crippen MR) is 64.0 cm³/mol. The molecule has 2 rings (SSSR count). The molecule has 1 aromatic rings. The van der Waals surface area contributed by atoms with E-state index in [1.165, 1.54) is 0 Å². The lowest BCUT2D eigenvalue weighted by atomic mass is 10.0. The second kappa shape index (κ2) is 5.10. The normalized spacial score (nSPS) is 16.4. The van der Waals surface area contributed by atoms with Crippen LogP contribution in [0.2, 0.25) is 0 Å². The van der Waals surface area contributed by atoms with Crippen LogP contribution in [0.1, 0.15) is 24.0 Å². The van der Waals surface area contributed by atoms with Gasteiger partial charge in [0.1, 0.15) is 5.78 Å². The van der Waals surface area contributed by atoms with Crippen molar-refractivity contribution in [2.24, 2.45) is 5.73 Å². The molecule has 1 aromatic carbocycles. The number of nitrogens with zero attached hydrogens (tertiary/aromatic N) is 1. The maximum atomic E-state index is 11.7. The van der Waals surface area contributed by atoms with Gasteiger partial charge in [0.25, 0.3) is 0 Å². The standard InChI is InChI=1S/C13H16N2O2/c14-8-10-3-1-2-4-11(10)9-15-6-5-12(16)7-13(15)17/h1-4H,5-9,14H2. The lowest BCUT2D eigenvalue weighted by Crippen LogP contribution is -2.38. The third-order valence-electron chi connectivity index (χ3n) is 3.06. The summed E-state index contributed by atoms with van der Waals surface area (Å²) in [5.41, 5.74) is 7.78. The van der Waals surface area contributed by atoms with Crippen LogP contribution in [0.15, 0.2) is 24.3 Å². The van der Waals surface area contributed by atoms with Crippen LogP contribution in [0.3, 0.4) is 0 Å². The van der Waals surface area contributed by atoms with E-state index < -0.39 is 0 Å². The lowest BCUT2D eigenvalue weighted by Gasteiger charge is -2.26. The van der Waals surface area contributed by atoms with Crippen LogP contribution in [-0.4, -0.2) is 23.1 Å². The summed E-state index contributed by atoms with van der Waals surface area (Å²) in [6.07, 6.45) is 0.515. The molecule has 1 heterocycles. The van der Waals surface area contributed by atoms with E-state index in [-0.39, 0.29) is 18.1 Å². The minimum Gasteiger partial charge on any atom is -0.338 e. The Morgan fingerprint density at radius 3 is 2.53 bits per heavy atom. The molecule has 4 nitrogen and oxygen atoms in total. The van der Waals surface area contributed by atoms with Crippen molar-refractivity contribution in [2.75, 3.05) is 6.54 Å². The van der Waals surface area contributed by atoms with Crippen molar-refractivity contribution in [3.8, 4) is 0 Å². The third-order valence-corrected chi connectivity index (χ3v) is 3.06. The van der Waals surface area contributed by atoms with E-state index in [1.54, 1.807) is 4.90 Å². The first-order valence-electron chi connectivity index (χ1n) is 5.77. The van der Waals surface area contributed by atoms with Gasteiger partial charge in [0.15, 0.2) is 0 Å². The molecule has 90 valence electrons. The molecule has 1 aliphatic rings. The Kier molecular flexibility index (Phi) is 3.54. The molecule has 1 fully saturated rings. The maximum absolute atomic E-state index is 11.7. The molecule has 2 N–H and O–H groups in total. The van der Waals surface area contributed by atoms with Crippen molar-refractivity contribution >= 4 is 11.7 Å². The van der Waals surface area contributed by atoms with Gasteiger partial charge in [-0.15, -0.1) is 0 Å². The number of benzene rings is 1. The molecule has 0 radical (unpaired) electrons. The first-order valence-corrected chi connectivity index (χ1v) is 5.77. The molecular formula is C13H16N2O2. The Hall–Kier alpha value is -1.68. The van der Waals surface area contributed by atoms with E-state index in [4.69, 9.17) is 5.73 Å². The minimum atomic E-state index is -0.0759. The summed E-state index contributed by atoms with van der Waals surface area (Å²) >= 11 is 0. The van der Waals surface area contributed by atoms with E-state index in [2.05, 4.69) is 0 Å². The van der Waals surface area contributed by atoms with Crippen molar-refractivity contribution in [3.05, 3.63) is 35.4 Å². The molecule has 0 saturated carbocycles. The van der Waals surface area contributed by atoms with Crippen molar-refractivity contribution in [2.45, 2.75) is 25.9 Å². The smallest absolute Gasteiger partial charge is 0.230 e. The highest BCUT2D eigenvalue weighted by Crippen LogP contribution is 2.15. The molecule has 0 aliphatic carbocycles. The number of amides is 1. The summed E-state index contributed by atoms with van der Waals surface area (Å²) in [6.45, 7) is 1.55. The molecular weight excluding hydrogens is 216 g/mol. The van der Waals surface area contributed by atoms with Gasteiger partial charge < -0.3 is 10.6 Å². The van der Waals surface area contributed by atoms with Gasteiger partial charge in [0.05, 0.1) is 6.42 Å². The highest BCUT2D eigenvalue weighted by Gasteiger charge is 2.23. The van der Waals surface area contributed by atoms with Gasteiger partial charge in [-0.3, -0.25) is 9.59 Å². The monoisotopic (exact) mass is 232 g/mol. The third kappa shape index (κ3) is 2.71. The number of rotatable bonds is 3. The number of hydrogen-bond donors (Lipinski definition) is 1. The van der Waals surface area contributed by atoms with E-state index in [0.29, 0.717) is 26.1 Å². The van der Waals surface area contributed by atoms with Gasteiger partial charge in [-0.1, -0.05) is 24.3 Å². The van der Waals surface area contributed by atoms with Gasteiger partial charge in [0, 0.05) is 26.1 Å². The molecule has 1 amide bonds. The molecule has 0 bridgehead atoms. The number of nitrogens with two attached hydrogens (primary N) is 1. The zero-order valence-corrected chi connectivity index (χ0v) is 9.69. The van der Waals surface area contributed by atoms with Crippen LogP contribution in [-0.2, 0) is 22.7 Å². The van der Waals surface area contributed by atoms with Crippen LogP contribution in [0.5, 0.6) is 0 Å². The molecule has 0 aromatic heterocycles. The molecule has 1 saturated heterocycles. The second-order valence-corrected chi connectivity index (χ2v) is 4.25. The van der Waals surface area contributed by atoms with Gasteiger partial charge in [0.2, 0.25) is 5.91 Å². The van der Waals surface area contributed by atoms with E-state index >= 15 is 0 Å². The molecule has 0 atom stereocenters. The molecule has 4 heteroatoms. The first kappa shape index (κ1) is 11.8. The van der Waals surface area contributed by atoms with E-state index in [0.717, 1.165) is 11.1 Å². The summed E-state index contributed by atoms with van der Waals surface area (Å²) in [5, 5.41) is 0. The molecule has 17 heavy (non-hydrogen) atoms. The average molecular weight is 232 g/mol. The van der Waals surface area contributed by atoms with Crippen molar-refractivity contribution in [1.82, 2.24) is 4.90 Å². The Bertz CT molecular complexity index is 443. The summed E-state index contributed by atoms with van der Waals surface area (Å²) in [4.78, 5) is 24.5. The molecule has 0 unspecified atom stereocenters. The zero-order valence-electron chi connectivity index (χ0n) is 9.69. The number of carbonyl (C=O) groups is 2. The fraction of sp³-hybridized carbons (Fsp3) is 0.385. The zero-order chi connectivity index (χ0) is 12.3. The Morgan fingerprint density at radius 1 is 1.18 bits per heavy atom. The van der Waals surface area contributed by atoms with Gasteiger partial charge >= 0.3 is 0 Å². The first-order chi connectivity index (χ1) is 8.20. The fourth-order valence-electron chi connectivity index (χ4n) is 2.04. The number of likely N-dealkylation sites (tertiary alicyclic amines) is 1. The van der Waals surface area contributed by atoms with E-state index in [1.807, 2.05) is 24.3 Å². The van der Waals surface area contributed by atoms with E-state index in [9.17, 15) is 9.59 Å². The Labute approximate surface area is 100 Å². The largest absolute Gasteiger partial charge is 0.338 e. The average Bonchev–Trinajstić information content (AvgIpc) is 2.33. The van der Waals surface area contributed by atoms with Crippen LogP contribution < -0.4 is 5.73 Å². The quantitative estimate of drug-likeness (QED) is 0.785. The number of hydrogen-bond acceptors (Lipinski definition) is 3. The second-order valence-electron chi connectivity index (χ2n) is 4.25. The number of Topliss-reactive ketones (excluding diaryl/α,β-unsaturated/α-hetero) is 1. The highest BCUT2D eigenvalue weighted by atomic mass is 16.2. The fourth-order valence-corrected chi connectivity index (χ4v) is 2.04. The van der Waals surface area contributed by atoms with Gasteiger partial charge in [-0.2, -0.15) is 0 Å². The Balaban J connectivity index is 2.10. The van der Waals surface area contributed by atoms with Crippen LogP contribution >= 0.6 is 0 Å². The van der Waals surface area contributed by atoms with Gasteiger partial charge in [-0.25, -0.2) is 0 Å². The van der Waals surface area contributed by atoms with Crippen molar-refractivity contribution in [1.29, 1.82) is 0 Å². The topological polar surface area (TPSA) is 63.4 Å². The summed E-state index contributed by atoms with van der Waals surface area (Å²) in [6, 6.07) is 7.82. The Morgan fingerprint density at radius 2 is 1.88 bits per heavy atom. The number of ketones is 1. The summed E-state index contributed by atoms with van der Waals surface area (Å²) in [7, 11) is 0. The SMILES string of the molecule is NCc1ccccc1CN1CCC(=O)CC1=O. The maximum Gasteiger partial charge on any atom is 0.230 e. The predicted octanol–water partition coefficient (Wildman–Crippen LogP) is 0.837. The minimum absolute atomic E-state index is 0.0401. The molecule has 1 aliphatic heterocycles. The van der Waals surface area contributed by atoms with Crippen molar-refractivity contribution in [3.63, 3.8) is 0 Å². The highest BCUT2D eigenvalue weighted by molar-refractivity contribution is 6.00. The number of piperidine rings is 1. The summed E-state index contributed by atoms with van der Waals surface area (Å²) in [5.74, 6) is -0.0357. The van der Waals surface area contributed by atoms with Crippen LogP contribution in [0.25, 0.3) is 0 Å². The van der Waals surface area contributed by atoms with Crippen LogP contribution in [0, 0.1) is 0 Å². The molecule has 0 spiro atoms. The van der Waals surface area contributed by atoms with Gasteiger partial charge in [-0.05, 0) is 11.1 Å². The summed E-state index contributed by atoms with van der Waals surface area (Å²) < 4.78 is 0.